The van der Waals surface area contributed by atoms with Crippen LogP contribution in [0.3, 0.4) is 0 Å². The fraction of sp³-hybridized carbons (Fsp3) is 0.500. The number of ether oxygens (including phenoxy) is 1. The fourth-order valence-electron chi connectivity index (χ4n) is 2.30. The highest BCUT2D eigenvalue weighted by molar-refractivity contribution is 5.93. The summed E-state index contributed by atoms with van der Waals surface area (Å²) in [5.74, 6) is -0.402. The van der Waals surface area contributed by atoms with E-state index < -0.39 is 5.91 Å². The summed E-state index contributed by atoms with van der Waals surface area (Å²) in [4.78, 5) is 13.4. The number of carbonyl (C=O) groups excluding carboxylic acids is 1. The predicted octanol–water partition coefficient (Wildman–Crippen LogP) is 0.287. The first-order valence-corrected chi connectivity index (χ1v) is 6.44. The topological polar surface area (TPSA) is 75.8 Å². The van der Waals surface area contributed by atoms with Crippen LogP contribution in [0.5, 0.6) is 0 Å². The van der Waals surface area contributed by atoms with Gasteiger partial charge in [-0.05, 0) is 30.2 Å². The van der Waals surface area contributed by atoms with Crippen LogP contribution < -0.4 is 5.73 Å². The van der Waals surface area contributed by atoms with Gasteiger partial charge in [-0.15, -0.1) is 0 Å². The van der Waals surface area contributed by atoms with E-state index in [2.05, 4.69) is 4.90 Å². The van der Waals surface area contributed by atoms with E-state index in [9.17, 15) is 4.79 Å². The highest BCUT2D eigenvalue weighted by atomic mass is 16.5. The minimum Gasteiger partial charge on any atom is -0.394 e. The highest BCUT2D eigenvalue weighted by Gasteiger charge is 2.20. The van der Waals surface area contributed by atoms with Crippen molar-refractivity contribution in [3.63, 3.8) is 0 Å². The molecular weight excluding hydrogens is 244 g/mol. The van der Waals surface area contributed by atoms with Crippen molar-refractivity contribution in [3.8, 4) is 0 Å². The third-order valence-electron chi connectivity index (χ3n) is 3.45. The van der Waals surface area contributed by atoms with Gasteiger partial charge in [-0.25, -0.2) is 0 Å². The first kappa shape index (κ1) is 14.0. The lowest BCUT2D eigenvalue weighted by Crippen LogP contribution is -2.43. The molecule has 1 heterocycles. The molecule has 1 aromatic carbocycles. The number of nitrogens with zero attached hydrogens (tertiary/aromatic N) is 1. The summed E-state index contributed by atoms with van der Waals surface area (Å²) in [5, 5.41) is 9.12. The van der Waals surface area contributed by atoms with E-state index in [0.29, 0.717) is 12.2 Å². The van der Waals surface area contributed by atoms with Gasteiger partial charge in [0.15, 0.2) is 0 Å². The van der Waals surface area contributed by atoms with Crippen molar-refractivity contribution in [2.24, 2.45) is 5.73 Å². The van der Waals surface area contributed by atoms with Crippen molar-refractivity contribution in [1.29, 1.82) is 0 Å². The SMILES string of the molecule is Cc1cc(C(N)=O)ccc1CN1CCOC(CO)C1. The molecule has 1 aromatic rings. The maximum absolute atomic E-state index is 11.1. The van der Waals surface area contributed by atoms with E-state index in [1.54, 1.807) is 6.07 Å². The Bertz CT molecular complexity index is 462. The number of morpholine rings is 1. The lowest BCUT2D eigenvalue weighted by Gasteiger charge is -2.32. The van der Waals surface area contributed by atoms with Crippen LogP contribution in [0.25, 0.3) is 0 Å². The number of nitrogens with two attached hydrogens (primary N) is 1. The van der Waals surface area contributed by atoms with E-state index in [1.807, 2.05) is 19.1 Å². The fourth-order valence-corrected chi connectivity index (χ4v) is 2.30. The molecule has 104 valence electrons. The van der Waals surface area contributed by atoms with Crippen LogP contribution in [0.4, 0.5) is 0 Å². The molecule has 2 rings (SSSR count). The molecule has 0 spiro atoms. The average Bonchev–Trinajstić information content (AvgIpc) is 2.41. The molecule has 0 saturated carbocycles. The number of carbonyl (C=O) groups is 1. The van der Waals surface area contributed by atoms with E-state index in [1.165, 1.54) is 5.56 Å². The van der Waals surface area contributed by atoms with Gasteiger partial charge in [-0.1, -0.05) is 6.07 Å². The second-order valence-corrected chi connectivity index (χ2v) is 4.92. The molecule has 1 saturated heterocycles. The molecule has 0 radical (unpaired) electrons. The number of hydrogen-bond acceptors (Lipinski definition) is 4. The number of aryl methyl sites for hydroxylation is 1. The molecule has 5 nitrogen and oxygen atoms in total. The van der Waals surface area contributed by atoms with Crippen molar-refractivity contribution < 1.29 is 14.6 Å². The maximum Gasteiger partial charge on any atom is 0.248 e. The number of aliphatic hydroxyl groups is 1. The van der Waals surface area contributed by atoms with Crippen molar-refractivity contribution in [2.75, 3.05) is 26.3 Å². The molecule has 5 heteroatoms. The Labute approximate surface area is 113 Å². The monoisotopic (exact) mass is 264 g/mol. The molecule has 3 N–H and O–H groups in total. The van der Waals surface area contributed by atoms with Crippen LogP contribution in [-0.2, 0) is 11.3 Å². The number of amides is 1. The molecule has 1 unspecified atom stereocenters. The zero-order valence-electron chi connectivity index (χ0n) is 11.1. The Balaban J connectivity index is 2.04. The van der Waals surface area contributed by atoms with Crippen LogP contribution in [-0.4, -0.2) is 48.3 Å². The molecule has 1 fully saturated rings. The summed E-state index contributed by atoms with van der Waals surface area (Å²) in [6.45, 7) is 5.05. The first-order chi connectivity index (χ1) is 9.10. The highest BCUT2D eigenvalue weighted by Crippen LogP contribution is 2.15. The van der Waals surface area contributed by atoms with Crippen LogP contribution in [0.1, 0.15) is 21.5 Å². The quantitative estimate of drug-likeness (QED) is 0.819. The third kappa shape index (κ3) is 3.53. The van der Waals surface area contributed by atoms with Crippen LogP contribution in [0.2, 0.25) is 0 Å². The summed E-state index contributed by atoms with van der Waals surface area (Å²) in [6, 6.07) is 5.52. The zero-order chi connectivity index (χ0) is 13.8. The van der Waals surface area contributed by atoms with Gasteiger partial charge in [-0.2, -0.15) is 0 Å². The van der Waals surface area contributed by atoms with Gasteiger partial charge in [0.2, 0.25) is 5.91 Å². The Kier molecular flexibility index (Phi) is 4.52. The second-order valence-electron chi connectivity index (χ2n) is 4.92. The second kappa shape index (κ2) is 6.14. The van der Waals surface area contributed by atoms with Gasteiger partial charge in [0.05, 0.1) is 19.3 Å². The van der Waals surface area contributed by atoms with Crippen molar-refractivity contribution in [1.82, 2.24) is 4.90 Å². The summed E-state index contributed by atoms with van der Waals surface area (Å²) < 4.78 is 5.42. The molecule has 1 atom stereocenters. The lowest BCUT2D eigenvalue weighted by molar-refractivity contribution is -0.0551. The summed E-state index contributed by atoms with van der Waals surface area (Å²) in [6.07, 6.45) is -0.0982. The lowest BCUT2D eigenvalue weighted by atomic mass is 10.0. The van der Waals surface area contributed by atoms with E-state index in [-0.39, 0.29) is 12.7 Å². The molecule has 0 bridgehead atoms. The van der Waals surface area contributed by atoms with Crippen molar-refractivity contribution in [2.45, 2.75) is 19.6 Å². The van der Waals surface area contributed by atoms with Crippen LogP contribution in [0, 0.1) is 6.92 Å². The first-order valence-electron chi connectivity index (χ1n) is 6.44. The Morgan fingerprint density at radius 2 is 2.37 bits per heavy atom. The van der Waals surface area contributed by atoms with Crippen molar-refractivity contribution >= 4 is 5.91 Å². The van der Waals surface area contributed by atoms with Gasteiger partial charge in [0.25, 0.3) is 0 Å². The zero-order valence-corrected chi connectivity index (χ0v) is 11.1. The Hall–Kier alpha value is -1.43. The minimum atomic E-state index is -0.402. The van der Waals surface area contributed by atoms with Gasteiger partial charge < -0.3 is 15.6 Å². The molecule has 0 aromatic heterocycles. The largest absolute Gasteiger partial charge is 0.394 e. The maximum atomic E-state index is 11.1. The minimum absolute atomic E-state index is 0.0517. The Morgan fingerprint density at radius 1 is 1.58 bits per heavy atom. The van der Waals surface area contributed by atoms with Crippen molar-refractivity contribution in [3.05, 3.63) is 34.9 Å². The number of primary amides is 1. The molecule has 0 aliphatic carbocycles. The number of benzene rings is 1. The molecular formula is C14H20N2O3. The summed E-state index contributed by atoms with van der Waals surface area (Å²) >= 11 is 0. The average molecular weight is 264 g/mol. The Morgan fingerprint density at radius 3 is 3.00 bits per heavy atom. The normalized spacial score (nSPS) is 20.4. The van der Waals surface area contributed by atoms with E-state index in [4.69, 9.17) is 15.6 Å². The van der Waals surface area contributed by atoms with Gasteiger partial charge in [0.1, 0.15) is 0 Å². The van der Waals surface area contributed by atoms with Crippen LogP contribution >= 0.6 is 0 Å². The van der Waals surface area contributed by atoms with Gasteiger partial charge >= 0.3 is 0 Å². The number of rotatable bonds is 4. The molecule has 1 amide bonds. The van der Waals surface area contributed by atoms with Crippen LogP contribution in [0.15, 0.2) is 18.2 Å². The summed E-state index contributed by atoms with van der Waals surface area (Å²) in [7, 11) is 0. The number of hydrogen-bond donors (Lipinski definition) is 2. The van der Waals surface area contributed by atoms with E-state index in [0.717, 1.165) is 25.2 Å². The molecule has 1 aliphatic heterocycles. The van der Waals surface area contributed by atoms with Gasteiger partial charge in [0, 0.05) is 25.2 Å². The molecule has 1 aliphatic rings. The smallest absolute Gasteiger partial charge is 0.248 e. The standard InChI is InChI=1S/C14H20N2O3/c1-10-6-11(14(15)18)2-3-12(10)7-16-4-5-19-13(8-16)9-17/h2-3,6,13,17H,4-5,7-9H2,1H3,(H2,15,18). The van der Waals surface area contributed by atoms with Gasteiger partial charge in [-0.3, -0.25) is 9.69 Å². The third-order valence-corrected chi connectivity index (χ3v) is 3.45. The van der Waals surface area contributed by atoms with E-state index >= 15 is 0 Å². The summed E-state index contributed by atoms with van der Waals surface area (Å²) in [5.41, 5.74) is 8.03. The predicted molar refractivity (Wildman–Crippen MR) is 71.8 cm³/mol. The number of aliphatic hydroxyl groups excluding tert-OH is 1. The molecule has 19 heavy (non-hydrogen) atoms.